The average molecular weight is 195 g/mol. The van der Waals surface area contributed by atoms with Crippen LogP contribution in [0.15, 0.2) is 18.2 Å². The van der Waals surface area contributed by atoms with Gasteiger partial charge in [0.25, 0.3) is 0 Å². The third-order valence-electron chi connectivity index (χ3n) is 2.31. The second-order valence-electron chi connectivity index (χ2n) is 3.31. The Morgan fingerprint density at radius 1 is 1.50 bits per heavy atom. The van der Waals surface area contributed by atoms with Crippen LogP contribution in [0.5, 0.6) is 5.75 Å². The lowest BCUT2D eigenvalue weighted by Gasteiger charge is -2.17. The summed E-state index contributed by atoms with van der Waals surface area (Å²) in [6.07, 6.45) is 0.557. The molecule has 0 saturated carbocycles. The summed E-state index contributed by atoms with van der Waals surface area (Å²) in [5, 5.41) is 8.83. The van der Waals surface area contributed by atoms with E-state index in [1.807, 2.05) is 25.1 Å². The predicted molar refractivity (Wildman–Crippen MR) is 56.4 cm³/mol. The average Bonchev–Trinajstić information content (AvgIpc) is 2.17. The number of hydrogen-bond acceptors (Lipinski definition) is 3. The molecular weight excluding hydrogens is 178 g/mol. The van der Waals surface area contributed by atoms with Crippen LogP contribution < -0.4 is 10.5 Å². The zero-order valence-corrected chi connectivity index (χ0v) is 8.66. The summed E-state index contributed by atoms with van der Waals surface area (Å²) in [4.78, 5) is 0. The number of aliphatic hydroxyl groups excluding tert-OH is 1. The molecule has 0 heterocycles. The summed E-state index contributed by atoms with van der Waals surface area (Å²) in [6, 6.07) is 5.66. The maximum absolute atomic E-state index is 8.83. The first-order chi connectivity index (χ1) is 6.70. The van der Waals surface area contributed by atoms with Gasteiger partial charge in [0, 0.05) is 18.2 Å². The highest BCUT2D eigenvalue weighted by atomic mass is 16.5. The summed E-state index contributed by atoms with van der Waals surface area (Å²) in [6.45, 7) is 2.09. The zero-order valence-electron chi connectivity index (χ0n) is 8.66. The molecule has 3 nitrogen and oxygen atoms in total. The molecule has 0 spiro atoms. The van der Waals surface area contributed by atoms with Crippen LogP contribution in [0.25, 0.3) is 0 Å². The standard InChI is InChI=1S/C11H17NO2/c1-8-4-3-5-10(14-2)11(8)9(12)6-7-13/h3-5,9,13H,6-7,12H2,1-2H3/t9-/m1/s1. The molecule has 3 heteroatoms. The van der Waals surface area contributed by atoms with Gasteiger partial charge in [-0.2, -0.15) is 0 Å². The van der Waals surface area contributed by atoms with Gasteiger partial charge in [-0.3, -0.25) is 0 Å². The number of aryl methyl sites for hydroxylation is 1. The molecule has 0 radical (unpaired) electrons. The quantitative estimate of drug-likeness (QED) is 0.763. The van der Waals surface area contributed by atoms with Gasteiger partial charge in [-0.1, -0.05) is 12.1 Å². The summed E-state index contributed by atoms with van der Waals surface area (Å²) < 4.78 is 5.23. The second kappa shape index (κ2) is 4.98. The highest BCUT2D eigenvalue weighted by molar-refractivity contribution is 5.41. The van der Waals surface area contributed by atoms with Gasteiger partial charge in [0.1, 0.15) is 5.75 Å². The van der Waals surface area contributed by atoms with E-state index in [1.165, 1.54) is 0 Å². The van der Waals surface area contributed by atoms with E-state index >= 15 is 0 Å². The van der Waals surface area contributed by atoms with Crippen LogP contribution in [0.3, 0.4) is 0 Å². The normalized spacial score (nSPS) is 12.6. The van der Waals surface area contributed by atoms with Crippen molar-refractivity contribution >= 4 is 0 Å². The molecule has 0 bridgehead atoms. The molecule has 0 saturated heterocycles. The fourth-order valence-electron chi connectivity index (χ4n) is 1.59. The molecule has 0 fully saturated rings. The Morgan fingerprint density at radius 3 is 2.79 bits per heavy atom. The minimum atomic E-state index is -0.156. The zero-order chi connectivity index (χ0) is 10.6. The Labute approximate surface area is 84.5 Å². The monoisotopic (exact) mass is 195 g/mol. The van der Waals surface area contributed by atoms with Crippen LogP contribution in [0.2, 0.25) is 0 Å². The first-order valence-corrected chi connectivity index (χ1v) is 4.70. The first-order valence-electron chi connectivity index (χ1n) is 4.70. The molecule has 1 atom stereocenters. The van der Waals surface area contributed by atoms with E-state index in [2.05, 4.69) is 0 Å². The minimum absolute atomic E-state index is 0.0959. The summed E-state index contributed by atoms with van der Waals surface area (Å²) in [5.74, 6) is 0.797. The Hall–Kier alpha value is -1.06. The number of aliphatic hydroxyl groups is 1. The molecule has 1 aromatic carbocycles. The van der Waals surface area contributed by atoms with E-state index in [4.69, 9.17) is 15.6 Å². The van der Waals surface area contributed by atoms with Crippen molar-refractivity contribution in [2.24, 2.45) is 5.73 Å². The highest BCUT2D eigenvalue weighted by Gasteiger charge is 2.13. The van der Waals surface area contributed by atoms with Crippen LogP contribution >= 0.6 is 0 Å². The number of ether oxygens (including phenoxy) is 1. The van der Waals surface area contributed by atoms with Crippen LogP contribution in [0.1, 0.15) is 23.6 Å². The van der Waals surface area contributed by atoms with Gasteiger partial charge in [0.2, 0.25) is 0 Å². The number of hydrogen-bond donors (Lipinski definition) is 2. The SMILES string of the molecule is COc1cccc(C)c1[C@H](N)CCO. The van der Waals surface area contributed by atoms with E-state index < -0.39 is 0 Å². The first kappa shape index (κ1) is 11.0. The fraction of sp³-hybridized carbons (Fsp3) is 0.455. The van der Waals surface area contributed by atoms with Crippen molar-refractivity contribution in [1.29, 1.82) is 0 Å². The van der Waals surface area contributed by atoms with E-state index in [9.17, 15) is 0 Å². The second-order valence-corrected chi connectivity index (χ2v) is 3.31. The lowest BCUT2D eigenvalue weighted by Crippen LogP contribution is -2.14. The number of benzene rings is 1. The van der Waals surface area contributed by atoms with E-state index in [0.717, 1.165) is 16.9 Å². The molecule has 0 aliphatic carbocycles. The molecule has 1 rings (SSSR count). The maximum Gasteiger partial charge on any atom is 0.123 e. The molecule has 0 aliphatic rings. The molecular formula is C11H17NO2. The number of methoxy groups -OCH3 is 1. The third-order valence-corrected chi connectivity index (χ3v) is 2.31. The minimum Gasteiger partial charge on any atom is -0.496 e. The van der Waals surface area contributed by atoms with Crippen LogP contribution in [-0.2, 0) is 0 Å². The van der Waals surface area contributed by atoms with E-state index in [1.54, 1.807) is 7.11 Å². The number of rotatable bonds is 4. The van der Waals surface area contributed by atoms with Gasteiger partial charge in [0.15, 0.2) is 0 Å². The lowest BCUT2D eigenvalue weighted by molar-refractivity contribution is 0.275. The number of nitrogens with two attached hydrogens (primary N) is 1. The Morgan fingerprint density at radius 2 is 2.21 bits per heavy atom. The van der Waals surface area contributed by atoms with Gasteiger partial charge in [-0.05, 0) is 25.0 Å². The van der Waals surface area contributed by atoms with E-state index in [0.29, 0.717) is 6.42 Å². The summed E-state index contributed by atoms with van der Waals surface area (Å²) in [5.41, 5.74) is 8.03. The highest BCUT2D eigenvalue weighted by Crippen LogP contribution is 2.28. The van der Waals surface area contributed by atoms with Crippen molar-refractivity contribution in [3.8, 4) is 5.75 Å². The topological polar surface area (TPSA) is 55.5 Å². The third kappa shape index (κ3) is 2.25. The smallest absolute Gasteiger partial charge is 0.123 e. The fourth-order valence-corrected chi connectivity index (χ4v) is 1.59. The molecule has 78 valence electrons. The molecule has 0 aliphatic heterocycles. The predicted octanol–water partition coefficient (Wildman–Crippen LogP) is 1.39. The summed E-state index contributed by atoms with van der Waals surface area (Å²) in [7, 11) is 1.63. The van der Waals surface area contributed by atoms with Gasteiger partial charge >= 0.3 is 0 Å². The lowest BCUT2D eigenvalue weighted by atomic mass is 9.98. The maximum atomic E-state index is 8.83. The molecule has 14 heavy (non-hydrogen) atoms. The van der Waals surface area contributed by atoms with Crippen molar-refractivity contribution in [3.05, 3.63) is 29.3 Å². The Balaban J connectivity index is 3.03. The van der Waals surface area contributed by atoms with Crippen molar-refractivity contribution in [1.82, 2.24) is 0 Å². The molecule has 3 N–H and O–H groups in total. The van der Waals surface area contributed by atoms with Crippen LogP contribution in [-0.4, -0.2) is 18.8 Å². The van der Waals surface area contributed by atoms with Gasteiger partial charge in [-0.25, -0.2) is 0 Å². The molecule has 1 aromatic rings. The summed E-state index contributed by atoms with van der Waals surface area (Å²) >= 11 is 0. The van der Waals surface area contributed by atoms with Gasteiger partial charge < -0.3 is 15.6 Å². The largest absolute Gasteiger partial charge is 0.496 e. The van der Waals surface area contributed by atoms with Crippen LogP contribution in [0, 0.1) is 6.92 Å². The Bertz CT molecular complexity index is 299. The molecule has 0 aromatic heterocycles. The van der Waals surface area contributed by atoms with E-state index in [-0.39, 0.29) is 12.6 Å². The van der Waals surface area contributed by atoms with Crippen LogP contribution in [0.4, 0.5) is 0 Å². The van der Waals surface area contributed by atoms with Crippen molar-refractivity contribution < 1.29 is 9.84 Å². The van der Waals surface area contributed by atoms with Gasteiger partial charge in [-0.15, -0.1) is 0 Å². The van der Waals surface area contributed by atoms with Crippen molar-refractivity contribution in [2.75, 3.05) is 13.7 Å². The Kier molecular flexibility index (Phi) is 3.92. The van der Waals surface area contributed by atoms with Crippen molar-refractivity contribution in [2.45, 2.75) is 19.4 Å². The van der Waals surface area contributed by atoms with Gasteiger partial charge in [0.05, 0.1) is 7.11 Å². The molecule has 0 amide bonds. The molecule has 0 unspecified atom stereocenters. The van der Waals surface area contributed by atoms with Crippen molar-refractivity contribution in [3.63, 3.8) is 0 Å².